The van der Waals surface area contributed by atoms with Gasteiger partial charge in [-0.2, -0.15) is 4.31 Å². The highest BCUT2D eigenvalue weighted by molar-refractivity contribution is 7.89. The van der Waals surface area contributed by atoms with E-state index in [1.807, 2.05) is 31.2 Å². The molecule has 0 aliphatic rings. The SMILES string of the molecule is CCc1ccccc1NC(=O)C[C@H](c1ccc(OC)cc1)N(C)S(=O)(=O)c1ccccc1. The number of benzene rings is 3. The number of para-hydroxylation sites is 1. The second kappa shape index (κ2) is 10.4. The number of ether oxygens (including phenoxy) is 1. The van der Waals surface area contributed by atoms with Crippen LogP contribution in [0.2, 0.25) is 0 Å². The van der Waals surface area contributed by atoms with Gasteiger partial charge in [-0.25, -0.2) is 8.42 Å². The summed E-state index contributed by atoms with van der Waals surface area (Å²) in [6.07, 6.45) is 0.744. The molecule has 1 atom stereocenters. The minimum absolute atomic E-state index is 0.0348. The van der Waals surface area contributed by atoms with Crippen molar-refractivity contribution < 1.29 is 17.9 Å². The second-order valence-electron chi connectivity index (χ2n) is 7.39. The first-order valence-electron chi connectivity index (χ1n) is 10.4. The number of methoxy groups -OCH3 is 1. The summed E-state index contributed by atoms with van der Waals surface area (Å²) in [6, 6.07) is 22.2. The van der Waals surface area contributed by atoms with Crippen LogP contribution in [0.3, 0.4) is 0 Å². The molecule has 6 nitrogen and oxygen atoms in total. The van der Waals surface area contributed by atoms with E-state index < -0.39 is 16.1 Å². The average molecular weight is 453 g/mol. The Hall–Kier alpha value is -3.16. The van der Waals surface area contributed by atoms with E-state index in [0.717, 1.165) is 17.7 Å². The van der Waals surface area contributed by atoms with Crippen LogP contribution in [0.25, 0.3) is 0 Å². The summed E-state index contributed by atoms with van der Waals surface area (Å²) in [5, 5.41) is 2.95. The molecule has 0 saturated heterocycles. The molecule has 168 valence electrons. The molecular formula is C25H28N2O4S. The lowest BCUT2D eigenvalue weighted by molar-refractivity contribution is -0.117. The molecule has 3 rings (SSSR count). The number of amides is 1. The molecule has 0 fully saturated rings. The summed E-state index contributed by atoms with van der Waals surface area (Å²) in [4.78, 5) is 13.2. The zero-order chi connectivity index (χ0) is 23.1. The third-order valence-electron chi connectivity index (χ3n) is 5.41. The lowest BCUT2D eigenvalue weighted by Crippen LogP contribution is -2.34. The molecule has 0 saturated carbocycles. The number of rotatable bonds is 9. The summed E-state index contributed by atoms with van der Waals surface area (Å²) < 4.78 is 33.0. The first-order chi connectivity index (χ1) is 15.4. The molecule has 3 aromatic rings. The minimum atomic E-state index is -3.81. The predicted molar refractivity (Wildman–Crippen MR) is 126 cm³/mol. The number of anilines is 1. The lowest BCUT2D eigenvalue weighted by Gasteiger charge is -2.28. The molecular weight excluding hydrogens is 424 g/mol. The molecule has 0 spiro atoms. The van der Waals surface area contributed by atoms with Gasteiger partial charge >= 0.3 is 0 Å². The summed E-state index contributed by atoms with van der Waals surface area (Å²) >= 11 is 0. The van der Waals surface area contributed by atoms with Crippen LogP contribution < -0.4 is 10.1 Å². The van der Waals surface area contributed by atoms with Crippen molar-refractivity contribution in [2.45, 2.75) is 30.7 Å². The Labute approximate surface area is 189 Å². The van der Waals surface area contributed by atoms with Crippen molar-refractivity contribution >= 4 is 21.6 Å². The fourth-order valence-corrected chi connectivity index (χ4v) is 4.90. The molecule has 1 N–H and O–H groups in total. The molecule has 0 bridgehead atoms. The number of carbonyl (C=O) groups is 1. The van der Waals surface area contributed by atoms with Gasteiger partial charge in [0.1, 0.15) is 5.75 Å². The van der Waals surface area contributed by atoms with Crippen molar-refractivity contribution in [3.05, 3.63) is 90.0 Å². The smallest absolute Gasteiger partial charge is 0.243 e. The van der Waals surface area contributed by atoms with E-state index in [0.29, 0.717) is 11.3 Å². The summed E-state index contributed by atoms with van der Waals surface area (Å²) in [5.41, 5.74) is 2.46. The molecule has 0 aliphatic carbocycles. The third-order valence-corrected chi connectivity index (χ3v) is 7.29. The van der Waals surface area contributed by atoms with Crippen molar-refractivity contribution in [1.82, 2.24) is 4.31 Å². The van der Waals surface area contributed by atoms with Crippen LogP contribution in [-0.4, -0.2) is 32.8 Å². The maximum Gasteiger partial charge on any atom is 0.243 e. The predicted octanol–water partition coefficient (Wildman–Crippen LogP) is 4.65. The highest BCUT2D eigenvalue weighted by Gasteiger charge is 2.31. The van der Waals surface area contributed by atoms with Crippen LogP contribution >= 0.6 is 0 Å². The highest BCUT2D eigenvalue weighted by Crippen LogP contribution is 2.30. The molecule has 0 aromatic heterocycles. The fourth-order valence-electron chi connectivity index (χ4n) is 3.54. The standard InChI is InChI=1S/C25H28N2O4S/c1-4-19-10-8-9-13-23(19)26-25(28)18-24(20-14-16-21(31-3)17-15-20)27(2)32(29,30)22-11-6-5-7-12-22/h5-17,24H,4,18H2,1-3H3,(H,26,28)/t24-/m1/s1. The van der Waals surface area contributed by atoms with Crippen LogP contribution in [0.5, 0.6) is 5.75 Å². The first-order valence-corrected chi connectivity index (χ1v) is 11.9. The van der Waals surface area contributed by atoms with Crippen molar-refractivity contribution in [2.75, 3.05) is 19.5 Å². The van der Waals surface area contributed by atoms with Crippen molar-refractivity contribution in [2.24, 2.45) is 0 Å². The van der Waals surface area contributed by atoms with Crippen molar-refractivity contribution in [1.29, 1.82) is 0 Å². The Balaban J connectivity index is 1.92. The molecule has 7 heteroatoms. The van der Waals surface area contributed by atoms with Crippen molar-refractivity contribution in [3.63, 3.8) is 0 Å². The van der Waals surface area contributed by atoms with Gasteiger partial charge in [0.05, 0.1) is 18.0 Å². The largest absolute Gasteiger partial charge is 0.497 e. The highest BCUT2D eigenvalue weighted by atomic mass is 32.2. The number of carbonyl (C=O) groups excluding carboxylic acids is 1. The Kier molecular flexibility index (Phi) is 7.66. The van der Waals surface area contributed by atoms with E-state index in [1.54, 1.807) is 61.7 Å². The zero-order valence-electron chi connectivity index (χ0n) is 18.5. The number of hydrogen-bond donors (Lipinski definition) is 1. The van der Waals surface area contributed by atoms with Crippen LogP contribution in [0, 0.1) is 0 Å². The Morgan fingerprint density at radius 2 is 1.59 bits per heavy atom. The van der Waals surface area contributed by atoms with Gasteiger partial charge in [0, 0.05) is 19.2 Å². The molecule has 3 aromatic carbocycles. The summed E-state index contributed by atoms with van der Waals surface area (Å²) in [7, 11) is -0.740. The van der Waals surface area contributed by atoms with Crippen molar-refractivity contribution in [3.8, 4) is 5.75 Å². The van der Waals surface area contributed by atoms with E-state index in [4.69, 9.17) is 4.74 Å². The first kappa shape index (κ1) is 23.5. The Morgan fingerprint density at radius 3 is 2.22 bits per heavy atom. The number of nitrogens with one attached hydrogen (secondary N) is 1. The van der Waals surface area contributed by atoms with Crippen LogP contribution in [0.4, 0.5) is 5.69 Å². The molecule has 32 heavy (non-hydrogen) atoms. The topological polar surface area (TPSA) is 75.7 Å². The number of hydrogen-bond acceptors (Lipinski definition) is 4. The van der Waals surface area contributed by atoms with E-state index in [9.17, 15) is 13.2 Å². The maximum absolute atomic E-state index is 13.3. The van der Waals surface area contributed by atoms with Gasteiger partial charge in [-0.3, -0.25) is 4.79 Å². The van der Waals surface area contributed by atoms with E-state index >= 15 is 0 Å². The van der Waals surface area contributed by atoms with Gasteiger partial charge in [0.25, 0.3) is 0 Å². The molecule has 0 radical (unpaired) electrons. The van der Waals surface area contributed by atoms with Crippen LogP contribution in [0.1, 0.15) is 30.5 Å². The van der Waals surface area contributed by atoms with Gasteiger partial charge < -0.3 is 10.1 Å². The van der Waals surface area contributed by atoms with Gasteiger partial charge in [0.15, 0.2) is 0 Å². The molecule has 0 heterocycles. The van der Waals surface area contributed by atoms with E-state index in [2.05, 4.69) is 5.32 Å². The van der Waals surface area contributed by atoms with Gasteiger partial charge in [-0.05, 0) is 47.9 Å². The zero-order valence-corrected chi connectivity index (χ0v) is 19.3. The minimum Gasteiger partial charge on any atom is -0.497 e. The monoisotopic (exact) mass is 452 g/mol. The lowest BCUT2D eigenvalue weighted by atomic mass is 10.0. The second-order valence-corrected chi connectivity index (χ2v) is 9.38. The molecule has 0 aliphatic heterocycles. The third kappa shape index (κ3) is 5.36. The Bertz CT molecular complexity index is 1150. The number of aryl methyl sites for hydroxylation is 1. The van der Waals surface area contributed by atoms with E-state index in [-0.39, 0.29) is 17.2 Å². The van der Waals surface area contributed by atoms with E-state index in [1.165, 1.54) is 11.4 Å². The number of sulfonamides is 1. The summed E-state index contributed by atoms with van der Waals surface area (Å²) in [5.74, 6) is 0.393. The average Bonchev–Trinajstić information content (AvgIpc) is 2.83. The van der Waals surface area contributed by atoms with Gasteiger partial charge in [-0.1, -0.05) is 55.5 Å². The molecule has 0 unspecified atom stereocenters. The molecule has 1 amide bonds. The Morgan fingerprint density at radius 1 is 0.969 bits per heavy atom. The van der Waals surface area contributed by atoms with Crippen LogP contribution in [0.15, 0.2) is 83.8 Å². The maximum atomic E-state index is 13.3. The quantitative estimate of drug-likeness (QED) is 0.513. The normalized spacial score (nSPS) is 12.4. The fraction of sp³-hybridized carbons (Fsp3) is 0.240. The van der Waals surface area contributed by atoms with Gasteiger partial charge in [0.2, 0.25) is 15.9 Å². The summed E-state index contributed by atoms with van der Waals surface area (Å²) in [6.45, 7) is 2.02. The van der Waals surface area contributed by atoms with Gasteiger partial charge in [-0.15, -0.1) is 0 Å². The van der Waals surface area contributed by atoms with Crippen LogP contribution in [-0.2, 0) is 21.2 Å². The number of nitrogens with zero attached hydrogens (tertiary/aromatic N) is 1.